The number of imide groups is 2. The topological polar surface area (TPSA) is 84.9 Å². The molecule has 1 heterocycles. The lowest BCUT2D eigenvalue weighted by molar-refractivity contribution is -0.131. The zero-order chi connectivity index (χ0) is 19.6. The highest BCUT2D eigenvalue weighted by Gasteiger charge is 2.40. The molecule has 1 aromatic carbocycles. The third-order valence-electron chi connectivity index (χ3n) is 4.67. The maximum Gasteiger partial charge on any atom is 0.331 e. The van der Waals surface area contributed by atoms with E-state index in [1.807, 2.05) is 6.92 Å². The van der Waals surface area contributed by atoms with Crippen molar-refractivity contribution in [3.8, 4) is 11.5 Å². The first-order chi connectivity index (χ1) is 13.0. The lowest BCUT2D eigenvalue weighted by atomic mass is 10.0. The number of ether oxygens (including phenoxy) is 2. The fourth-order valence-electron chi connectivity index (χ4n) is 3.44. The van der Waals surface area contributed by atoms with Gasteiger partial charge in [0.15, 0.2) is 11.5 Å². The summed E-state index contributed by atoms with van der Waals surface area (Å²) in [5.74, 6) is -0.0893. The van der Waals surface area contributed by atoms with Gasteiger partial charge in [0.25, 0.3) is 11.8 Å². The average Bonchev–Trinajstić information content (AvgIpc) is 3.14. The highest BCUT2D eigenvalue weighted by Crippen LogP contribution is 2.35. The molecule has 1 saturated carbocycles. The number of halogens is 1. The molecule has 1 aliphatic carbocycles. The normalized spacial score (nSPS) is 19.6. The van der Waals surface area contributed by atoms with Crippen LogP contribution >= 0.6 is 22.6 Å². The Morgan fingerprint density at radius 2 is 1.96 bits per heavy atom. The first kappa shape index (κ1) is 19.7. The Labute approximate surface area is 171 Å². The number of urea groups is 1. The Morgan fingerprint density at radius 1 is 1.26 bits per heavy atom. The molecule has 144 valence electrons. The van der Waals surface area contributed by atoms with Gasteiger partial charge in [-0.05, 0) is 66.1 Å². The molecule has 0 atom stereocenters. The third kappa shape index (κ3) is 3.95. The standard InChI is InChI=1S/C19H21IN2O5/c1-3-27-16-14(20)9-11(10-15(16)26-2)8-13-17(23)21-19(25)22(18(13)24)12-6-4-5-7-12/h8-10,12H,3-7H2,1-2H3,(H,21,23,25)/b13-8-. The number of nitrogens with one attached hydrogen (secondary N) is 1. The quantitative estimate of drug-likeness (QED) is 0.395. The maximum absolute atomic E-state index is 12.9. The van der Waals surface area contributed by atoms with E-state index in [1.165, 1.54) is 18.1 Å². The molecule has 1 saturated heterocycles. The molecule has 0 unspecified atom stereocenters. The van der Waals surface area contributed by atoms with E-state index < -0.39 is 17.8 Å². The molecular formula is C19H21IN2O5. The van der Waals surface area contributed by atoms with E-state index in [0.717, 1.165) is 29.3 Å². The van der Waals surface area contributed by atoms with Crippen LogP contribution in [0.25, 0.3) is 6.08 Å². The van der Waals surface area contributed by atoms with Crippen LogP contribution in [-0.2, 0) is 9.59 Å². The summed E-state index contributed by atoms with van der Waals surface area (Å²) in [7, 11) is 1.53. The molecule has 1 aliphatic heterocycles. The molecule has 0 bridgehead atoms. The highest BCUT2D eigenvalue weighted by atomic mass is 127. The average molecular weight is 484 g/mol. The number of benzene rings is 1. The van der Waals surface area contributed by atoms with Gasteiger partial charge in [0.05, 0.1) is 17.3 Å². The van der Waals surface area contributed by atoms with Gasteiger partial charge in [0.2, 0.25) is 0 Å². The molecule has 1 aromatic rings. The lowest BCUT2D eigenvalue weighted by Gasteiger charge is -2.31. The number of carbonyl (C=O) groups excluding carboxylic acids is 3. The number of hydrogen-bond acceptors (Lipinski definition) is 5. The van der Waals surface area contributed by atoms with Crippen LogP contribution in [-0.4, -0.2) is 42.5 Å². The van der Waals surface area contributed by atoms with Gasteiger partial charge in [0, 0.05) is 6.04 Å². The van der Waals surface area contributed by atoms with E-state index in [1.54, 1.807) is 12.1 Å². The predicted octanol–water partition coefficient (Wildman–Crippen LogP) is 3.10. The number of barbiturate groups is 1. The fraction of sp³-hybridized carbons (Fsp3) is 0.421. The van der Waals surface area contributed by atoms with Gasteiger partial charge in [-0.1, -0.05) is 12.8 Å². The first-order valence-electron chi connectivity index (χ1n) is 8.87. The minimum Gasteiger partial charge on any atom is -0.493 e. The van der Waals surface area contributed by atoms with Crippen molar-refractivity contribution in [3.63, 3.8) is 0 Å². The molecule has 2 fully saturated rings. The van der Waals surface area contributed by atoms with Crippen LogP contribution in [0.5, 0.6) is 11.5 Å². The number of amides is 4. The Kier molecular flexibility index (Phi) is 6.03. The molecule has 27 heavy (non-hydrogen) atoms. The van der Waals surface area contributed by atoms with Crippen molar-refractivity contribution >= 4 is 46.5 Å². The zero-order valence-corrected chi connectivity index (χ0v) is 17.4. The summed E-state index contributed by atoms with van der Waals surface area (Å²) in [6, 6.07) is 2.73. The van der Waals surface area contributed by atoms with Crippen molar-refractivity contribution in [2.75, 3.05) is 13.7 Å². The summed E-state index contributed by atoms with van der Waals surface area (Å²) >= 11 is 2.12. The number of carbonyl (C=O) groups is 3. The number of rotatable bonds is 5. The van der Waals surface area contributed by atoms with Crippen LogP contribution in [0.4, 0.5) is 4.79 Å². The van der Waals surface area contributed by atoms with Gasteiger partial charge in [0.1, 0.15) is 5.57 Å². The van der Waals surface area contributed by atoms with Crippen molar-refractivity contribution in [1.82, 2.24) is 10.2 Å². The molecule has 0 aromatic heterocycles. The Balaban J connectivity index is 1.97. The monoisotopic (exact) mass is 484 g/mol. The van der Waals surface area contributed by atoms with Crippen LogP contribution in [0.3, 0.4) is 0 Å². The van der Waals surface area contributed by atoms with E-state index in [-0.39, 0.29) is 11.6 Å². The fourth-order valence-corrected chi connectivity index (χ4v) is 4.22. The van der Waals surface area contributed by atoms with Gasteiger partial charge >= 0.3 is 6.03 Å². The molecule has 0 spiro atoms. The van der Waals surface area contributed by atoms with Crippen molar-refractivity contribution in [3.05, 3.63) is 26.8 Å². The Morgan fingerprint density at radius 3 is 2.59 bits per heavy atom. The van der Waals surface area contributed by atoms with Crippen LogP contribution in [0.2, 0.25) is 0 Å². The zero-order valence-electron chi connectivity index (χ0n) is 15.2. The van der Waals surface area contributed by atoms with Gasteiger partial charge < -0.3 is 9.47 Å². The first-order valence-corrected chi connectivity index (χ1v) is 9.95. The van der Waals surface area contributed by atoms with Gasteiger partial charge in [-0.2, -0.15) is 0 Å². The van der Waals surface area contributed by atoms with E-state index >= 15 is 0 Å². The number of methoxy groups -OCH3 is 1. The molecule has 3 rings (SSSR count). The second kappa shape index (κ2) is 8.28. The summed E-state index contributed by atoms with van der Waals surface area (Å²) < 4.78 is 11.8. The van der Waals surface area contributed by atoms with Crippen LogP contribution in [0.1, 0.15) is 38.2 Å². The van der Waals surface area contributed by atoms with Crippen molar-refractivity contribution in [2.24, 2.45) is 0 Å². The van der Waals surface area contributed by atoms with Crippen molar-refractivity contribution in [1.29, 1.82) is 0 Å². The number of nitrogens with zero attached hydrogens (tertiary/aromatic N) is 1. The largest absolute Gasteiger partial charge is 0.493 e. The second-order valence-electron chi connectivity index (χ2n) is 6.40. The van der Waals surface area contributed by atoms with Crippen LogP contribution in [0.15, 0.2) is 17.7 Å². The summed E-state index contributed by atoms with van der Waals surface area (Å²) in [6.45, 7) is 2.37. The molecule has 4 amide bonds. The molecule has 0 radical (unpaired) electrons. The summed E-state index contributed by atoms with van der Waals surface area (Å²) in [5.41, 5.74) is 0.572. The number of hydrogen-bond donors (Lipinski definition) is 1. The third-order valence-corrected chi connectivity index (χ3v) is 5.48. The molecule has 8 heteroatoms. The van der Waals surface area contributed by atoms with Gasteiger partial charge in [-0.3, -0.25) is 19.8 Å². The maximum atomic E-state index is 12.9. The second-order valence-corrected chi connectivity index (χ2v) is 7.56. The summed E-state index contributed by atoms with van der Waals surface area (Å²) in [6.07, 6.45) is 4.99. The minimum atomic E-state index is -0.679. The van der Waals surface area contributed by atoms with Crippen LogP contribution < -0.4 is 14.8 Å². The van der Waals surface area contributed by atoms with E-state index in [0.29, 0.717) is 23.7 Å². The summed E-state index contributed by atoms with van der Waals surface area (Å²) in [4.78, 5) is 38.5. The molecular weight excluding hydrogens is 463 g/mol. The highest BCUT2D eigenvalue weighted by molar-refractivity contribution is 14.1. The SMILES string of the molecule is CCOc1c(I)cc(/C=C2/C(=O)NC(=O)N(C3CCCC3)C2=O)cc1OC. The molecule has 2 aliphatic rings. The lowest BCUT2D eigenvalue weighted by Crippen LogP contribution is -2.57. The van der Waals surface area contributed by atoms with E-state index in [9.17, 15) is 14.4 Å². The van der Waals surface area contributed by atoms with Crippen molar-refractivity contribution < 1.29 is 23.9 Å². The Bertz CT molecular complexity index is 815. The smallest absolute Gasteiger partial charge is 0.331 e. The van der Waals surface area contributed by atoms with Gasteiger partial charge in [-0.25, -0.2) is 4.79 Å². The van der Waals surface area contributed by atoms with Crippen molar-refractivity contribution in [2.45, 2.75) is 38.6 Å². The van der Waals surface area contributed by atoms with Gasteiger partial charge in [-0.15, -0.1) is 0 Å². The summed E-state index contributed by atoms with van der Waals surface area (Å²) in [5, 5.41) is 2.28. The van der Waals surface area contributed by atoms with E-state index in [2.05, 4.69) is 27.9 Å². The van der Waals surface area contributed by atoms with E-state index in [4.69, 9.17) is 9.47 Å². The minimum absolute atomic E-state index is 0.0523. The van der Waals surface area contributed by atoms with Crippen LogP contribution in [0, 0.1) is 3.57 Å². The molecule has 7 nitrogen and oxygen atoms in total. The predicted molar refractivity (Wildman–Crippen MR) is 107 cm³/mol. The molecule has 1 N–H and O–H groups in total. The Hall–Kier alpha value is -2.10.